The van der Waals surface area contributed by atoms with Crippen LogP contribution in [0.4, 0.5) is 0 Å². The lowest BCUT2D eigenvalue weighted by Crippen LogP contribution is -2.35. The third-order valence-electron chi connectivity index (χ3n) is 6.97. The summed E-state index contributed by atoms with van der Waals surface area (Å²) in [5.74, 6) is 0. The van der Waals surface area contributed by atoms with Gasteiger partial charge in [-0.15, -0.1) is 0 Å². The Labute approximate surface area is 203 Å². The van der Waals surface area contributed by atoms with Crippen molar-refractivity contribution in [1.29, 1.82) is 0 Å². The van der Waals surface area contributed by atoms with Gasteiger partial charge in [-0.25, -0.2) is 0 Å². The first kappa shape index (κ1) is 19.9. The topological polar surface area (TPSA) is 18.3 Å². The van der Waals surface area contributed by atoms with E-state index >= 15 is 0 Å². The van der Waals surface area contributed by atoms with Crippen molar-refractivity contribution < 1.29 is 4.24 Å². The van der Waals surface area contributed by atoms with Gasteiger partial charge in [0.1, 0.15) is 11.7 Å². The molecule has 0 radical (unpaired) electrons. The van der Waals surface area contributed by atoms with Gasteiger partial charge in [0.05, 0.1) is 5.39 Å². The number of pyridine rings is 1. The standard InChI is InChI=1S/C33H23N2/c1-3-10-23(11-4-1)26-16-9-17-27(24-12-5-2-6-13-24)32(26)25-18-19-31-30(22-25)28-14-7-8-15-29(28)33-34-20-21-35(31)33/h1-19,21-22H,20H2/q+1. The zero-order valence-electron chi connectivity index (χ0n) is 19.2. The molecule has 0 unspecified atom stereocenters. The first-order valence-corrected chi connectivity index (χ1v) is 12.0. The molecule has 0 fully saturated rings. The van der Waals surface area contributed by atoms with E-state index in [0.29, 0.717) is 0 Å². The van der Waals surface area contributed by atoms with Crippen LogP contribution in [0.2, 0.25) is 0 Å². The highest BCUT2D eigenvalue weighted by Crippen LogP contribution is 2.41. The quantitative estimate of drug-likeness (QED) is 0.207. The van der Waals surface area contributed by atoms with Crippen LogP contribution >= 0.6 is 0 Å². The fourth-order valence-electron chi connectivity index (χ4n) is 5.41. The lowest BCUT2D eigenvalue weighted by molar-refractivity contribution is -0.490. The van der Waals surface area contributed by atoms with Gasteiger partial charge in [0.2, 0.25) is 0 Å². The van der Waals surface area contributed by atoms with Crippen molar-refractivity contribution in [3.8, 4) is 33.4 Å². The molecule has 0 spiro atoms. The van der Waals surface area contributed by atoms with Crippen molar-refractivity contribution in [3.63, 3.8) is 0 Å². The maximum Gasteiger partial charge on any atom is 0.330 e. The Morgan fingerprint density at radius 1 is 0.514 bits per heavy atom. The largest absolute Gasteiger partial charge is 0.330 e. The van der Waals surface area contributed by atoms with Crippen molar-refractivity contribution in [2.45, 2.75) is 0 Å². The maximum absolute atomic E-state index is 4.77. The normalized spacial score (nSPS) is 12.3. The summed E-state index contributed by atoms with van der Waals surface area (Å²) in [6.45, 7) is 0.722. The van der Waals surface area contributed by atoms with Gasteiger partial charge < -0.3 is 0 Å². The first-order chi connectivity index (χ1) is 17.4. The molecule has 6 aromatic rings. The van der Waals surface area contributed by atoms with E-state index in [0.717, 1.165) is 12.0 Å². The Kier molecular flexibility index (Phi) is 4.56. The maximum atomic E-state index is 4.77. The number of benzene rings is 5. The van der Waals surface area contributed by atoms with Gasteiger partial charge >= 0.3 is 5.49 Å². The first-order valence-electron chi connectivity index (χ1n) is 12.0. The van der Waals surface area contributed by atoms with E-state index in [4.69, 9.17) is 4.99 Å². The van der Waals surface area contributed by atoms with E-state index < -0.39 is 0 Å². The summed E-state index contributed by atoms with van der Waals surface area (Å²) in [7, 11) is 0. The summed E-state index contributed by atoms with van der Waals surface area (Å²) < 4.78 is 2.25. The molecule has 35 heavy (non-hydrogen) atoms. The number of nitrogens with zero attached hydrogens (tertiary/aromatic N) is 2. The Hall–Kier alpha value is -4.56. The van der Waals surface area contributed by atoms with E-state index in [1.807, 2.05) is 0 Å². The Bertz CT molecular complexity index is 1800. The second kappa shape index (κ2) is 8.03. The van der Waals surface area contributed by atoms with Gasteiger partial charge in [0, 0.05) is 10.8 Å². The summed E-state index contributed by atoms with van der Waals surface area (Å²) in [6.07, 6.45) is 2.18. The number of fused-ring (bicyclic) bond motifs is 6. The van der Waals surface area contributed by atoms with Gasteiger partial charge in [0.25, 0.3) is 0 Å². The van der Waals surface area contributed by atoms with Crippen LogP contribution in [0.3, 0.4) is 0 Å². The van der Waals surface area contributed by atoms with Crippen LogP contribution in [0, 0.1) is 6.21 Å². The highest BCUT2D eigenvalue weighted by atomic mass is 15.0. The number of aromatic nitrogens is 1. The van der Waals surface area contributed by atoms with Crippen LogP contribution in [-0.4, -0.2) is 6.54 Å². The van der Waals surface area contributed by atoms with Gasteiger partial charge in [-0.2, -0.15) is 4.24 Å². The summed E-state index contributed by atoms with van der Waals surface area (Å²) in [4.78, 5) is 4.77. The molecule has 0 amide bonds. The molecule has 2 nitrogen and oxygen atoms in total. The Morgan fingerprint density at radius 2 is 1.14 bits per heavy atom. The molecule has 0 bridgehead atoms. The fourth-order valence-corrected chi connectivity index (χ4v) is 5.41. The van der Waals surface area contributed by atoms with Gasteiger partial charge in [-0.05, 0) is 51.6 Å². The zero-order valence-corrected chi connectivity index (χ0v) is 19.2. The van der Waals surface area contributed by atoms with Crippen molar-refractivity contribution in [1.82, 2.24) is 0 Å². The molecular weight excluding hydrogens is 424 g/mol. The third kappa shape index (κ3) is 3.18. The molecule has 5 aromatic carbocycles. The minimum atomic E-state index is 0.722. The average molecular weight is 448 g/mol. The Balaban J connectivity index is 1.59. The van der Waals surface area contributed by atoms with Crippen LogP contribution in [0.15, 0.2) is 126 Å². The van der Waals surface area contributed by atoms with E-state index in [9.17, 15) is 0 Å². The Morgan fingerprint density at radius 3 is 1.83 bits per heavy atom. The predicted molar refractivity (Wildman–Crippen MR) is 144 cm³/mol. The molecule has 2 heterocycles. The summed E-state index contributed by atoms with van der Waals surface area (Å²) >= 11 is 0. The van der Waals surface area contributed by atoms with E-state index in [-0.39, 0.29) is 0 Å². The van der Waals surface area contributed by atoms with Crippen LogP contribution in [0.25, 0.3) is 55.1 Å². The highest BCUT2D eigenvalue weighted by Gasteiger charge is 2.19. The number of hydrogen-bond donors (Lipinski definition) is 0. The molecule has 1 aromatic heterocycles. The molecule has 0 N–H and O–H groups in total. The van der Waals surface area contributed by atoms with Crippen molar-refractivity contribution in [2.24, 2.45) is 4.99 Å². The van der Waals surface area contributed by atoms with Crippen LogP contribution in [0.5, 0.6) is 0 Å². The fraction of sp³-hybridized carbons (Fsp3) is 0.0303. The molecule has 164 valence electrons. The molecule has 1 aliphatic heterocycles. The molecule has 7 rings (SSSR count). The van der Waals surface area contributed by atoms with Crippen molar-refractivity contribution in [3.05, 3.63) is 133 Å². The van der Waals surface area contributed by atoms with Crippen LogP contribution in [-0.2, 0) is 0 Å². The molecule has 0 atom stereocenters. The SMILES string of the molecule is C1=[n+]2c(c3ccccc3c3cc(-c4c(-c5ccccc5)cccc4-c4ccccc4)ccc32)=NC1. The minimum absolute atomic E-state index is 0.722. The minimum Gasteiger partial charge on any atom is -0.195 e. The lowest BCUT2D eigenvalue weighted by Gasteiger charge is -2.17. The third-order valence-corrected chi connectivity index (χ3v) is 6.97. The van der Waals surface area contributed by atoms with Crippen molar-refractivity contribution in [2.75, 3.05) is 6.54 Å². The monoisotopic (exact) mass is 447 g/mol. The second-order valence-electron chi connectivity index (χ2n) is 8.95. The average Bonchev–Trinajstić information content (AvgIpc) is 3.44. The van der Waals surface area contributed by atoms with Crippen LogP contribution < -0.4 is 9.73 Å². The van der Waals surface area contributed by atoms with E-state index in [2.05, 4.69) is 132 Å². The molecule has 0 saturated carbocycles. The lowest BCUT2D eigenvalue weighted by atomic mass is 9.87. The summed E-state index contributed by atoms with van der Waals surface area (Å²) in [6, 6.07) is 43.6. The zero-order chi connectivity index (χ0) is 23.2. The molecule has 1 aliphatic rings. The molecule has 0 saturated heterocycles. The number of rotatable bonds is 3. The summed E-state index contributed by atoms with van der Waals surface area (Å²) in [5, 5.41) is 3.69. The number of hydrogen-bond acceptors (Lipinski definition) is 1. The van der Waals surface area contributed by atoms with Crippen molar-refractivity contribution >= 4 is 21.7 Å². The predicted octanol–water partition coefficient (Wildman–Crippen LogP) is 6.92. The second-order valence-corrected chi connectivity index (χ2v) is 8.95. The van der Waals surface area contributed by atoms with E-state index in [1.54, 1.807) is 0 Å². The highest BCUT2D eigenvalue weighted by molar-refractivity contribution is 6.06. The smallest absolute Gasteiger partial charge is 0.195 e. The van der Waals surface area contributed by atoms with Crippen LogP contribution in [0.1, 0.15) is 0 Å². The molecular formula is C33H23N2+. The van der Waals surface area contributed by atoms with Gasteiger partial charge in [-0.3, -0.25) is 0 Å². The van der Waals surface area contributed by atoms with E-state index in [1.165, 1.54) is 55.1 Å². The van der Waals surface area contributed by atoms with Gasteiger partial charge in [-0.1, -0.05) is 108 Å². The van der Waals surface area contributed by atoms with Gasteiger partial charge in [0.15, 0.2) is 6.54 Å². The molecule has 2 heteroatoms. The summed E-state index contributed by atoms with van der Waals surface area (Å²) in [5.41, 5.74) is 9.66. The molecule has 0 aliphatic carbocycles.